The van der Waals surface area contributed by atoms with Crippen LogP contribution in [0.4, 0.5) is 23.0 Å². The van der Waals surface area contributed by atoms with Gasteiger partial charge in [0.2, 0.25) is 5.88 Å². The number of nitrogens with one attached hydrogen (secondary N) is 2. The smallest absolute Gasteiger partial charge is 0.346 e. The lowest BCUT2D eigenvalue weighted by atomic mass is 10.2. The van der Waals surface area contributed by atoms with Crippen LogP contribution in [0.2, 0.25) is 0 Å². The second-order valence-electron chi connectivity index (χ2n) is 7.79. The highest BCUT2D eigenvalue weighted by Gasteiger charge is 2.26. The zero-order valence-corrected chi connectivity index (χ0v) is 20.2. The maximum Gasteiger partial charge on any atom is 0.346 e. The number of unbranched alkanes of at least 4 members (excludes halogenated alkanes) is 1. The minimum atomic E-state index is -0.936. The quantitative estimate of drug-likeness (QED) is 0.347. The Morgan fingerprint density at radius 2 is 2.06 bits per heavy atom. The van der Waals surface area contributed by atoms with Crippen LogP contribution in [0.1, 0.15) is 35.2 Å². The van der Waals surface area contributed by atoms with Crippen molar-refractivity contribution in [3.63, 3.8) is 0 Å². The molecule has 0 spiro atoms. The van der Waals surface area contributed by atoms with Gasteiger partial charge in [0.05, 0.1) is 19.8 Å². The van der Waals surface area contributed by atoms with E-state index in [0.29, 0.717) is 25.9 Å². The highest BCUT2D eigenvalue weighted by Crippen LogP contribution is 2.32. The second kappa shape index (κ2) is 12.6. The number of carbonyl (C=O) groups is 2. The van der Waals surface area contributed by atoms with E-state index in [9.17, 15) is 22.8 Å². The molecule has 0 radical (unpaired) electrons. The van der Waals surface area contributed by atoms with Gasteiger partial charge in [0.15, 0.2) is 17.1 Å². The molecule has 2 amide bonds. The average Bonchev–Trinajstić information content (AvgIpc) is 3.43. The van der Waals surface area contributed by atoms with Crippen molar-refractivity contribution in [3.05, 3.63) is 34.9 Å². The van der Waals surface area contributed by atoms with Crippen molar-refractivity contribution in [2.75, 3.05) is 45.7 Å². The molecule has 192 valence electrons. The third kappa shape index (κ3) is 6.98. The van der Waals surface area contributed by atoms with E-state index in [0.717, 1.165) is 50.3 Å². The first-order valence-corrected chi connectivity index (χ1v) is 11.7. The van der Waals surface area contributed by atoms with Gasteiger partial charge in [-0.05, 0) is 49.5 Å². The summed E-state index contributed by atoms with van der Waals surface area (Å²) in [7, 11) is 2.38. The molecule has 0 aliphatic carbocycles. The maximum absolute atomic E-state index is 14.4. The van der Waals surface area contributed by atoms with Crippen LogP contribution in [-0.2, 0) is 11.3 Å². The molecule has 2 heterocycles. The number of hydrogen-bond acceptors (Lipinski definition) is 8. The number of anilines is 1. The Morgan fingerprint density at radius 1 is 1.26 bits per heavy atom. The molecule has 0 bridgehead atoms. The number of methoxy groups -OCH3 is 2. The summed E-state index contributed by atoms with van der Waals surface area (Å²) in [5.41, 5.74) is -0.581. The normalized spacial score (nSPS) is 15.6. The van der Waals surface area contributed by atoms with Crippen LogP contribution in [0.5, 0.6) is 11.6 Å². The van der Waals surface area contributed by atoms with Crippen LogP contribution in [0.25, 0.3) is 0 Å². The molecule has 3 rings (SSSR count). The minimum absolute atomic E-state index is 0.0574. The maximum atomic E-state index is 14.4. The number of ether oxygens (including phenoxy) is 3. The van der Waals surface area contributed by atoms with Gasteiger partial charge < -0.3 is 24.4 Å². The van der Waals surface area contributed by atoms with Gasteiger partial charge >= 0.3 is 12.0 Å². The molecule has 0 unspecified atom stereocenters. The SMILES string of the molecule is COC(=O)c1c(OCc2c(F)ccc(OC)c2F)nsc1NC(=O)NCCCCN1CC[C@H](F)C1. The van der Waals surface area contributed by atoms with E-state index >= 15 is 0 Å². The van der Waals surface area contributed by atoms with E-state index < -0.39 is 42.0 Å². The highest BCUT2D eigenvalue weighted by molar-refractivity contribution is 7.11. The fourth-order valence-corrected chi connectivity index (χ4v) is 4.26. The van der Waals surface area contributed by atoms with Crippen LogP contribution in [0.15, 0.2) is 12.1 Å². The summed E-state index contributed by atoms with van der Waals surface area (Å²) in [6.07, 6.45) is 1.30. The van der Waals surface area contributed by atoms with E-state index in [1.165, 1.54) is 7.11 Å². The fraction of sp³-hybridized carbons (Fsp3) is 0.500. The van der Waals surface area contributed by atoms with Gasteiger partial charge in [-0.1, -0.05) is 0 Å². The number of urea groups is 1. The fourth-order valence-electron chi connectivity index (χ4n) is 3.55. The number of likely N-dealkylation sites (tertiary alicyclic amines) is 1. The summed E-state index contributed by atoms with van der Waals surface area (Å²) in [6, 6.07) is 1.60. The number of rotatable bonds is 11. The summed E-state index contributed by atoms with van der Waals surface area (Å²) in [4.78, 5) is 26.6. The first kappa shape index (κ1) is 26.5. The third-order valence-corrected chi connectivity index (χ3v) is 6.15. The second-order valence-corrected chi connectivity index (χ2v) is 8.56. The van der Waals surface area contributed by atoms with Crippen LogP contribution in [0, 0.1) is 11.6 Å². The van der Waals surface area contributed by atoms with Crippen LogP contribution < -0.4 is 20.1 Å². The number of carbonyl (C=O) groups excluding carboxylic acids is 2. The van der Waals surface area contributed by atoms with E-state index in [-0.39, 0.29) is 22.2 Å². The summed E-state index contributed by atoms with van der Waals surface area (Å²) in [6.45, 7) is 1.77. The van der Waals surface area contributed by atoms with Gasteiger partial charge in [0.1, 0.15) is 23.6 Å². The Labute approximate surface area is 204 Å². The molecule has 1 aromatic heterocycles. The zero-order valence-electron chi connectivity index (χ0n) is 19.4. The lowest BCUT2D eigenvalue weighted by molar-refractivity contribution is 0.0596. The third-order valence-electron chi connectivity index (χ3n) is 5.40. The molecular weight excluding hydrogens is 489 g/mol. The summed E-state index contributed by atoms with van der Waals surface area (Å²) in [5, 5.41) is 5.25. The standard InChI is InChI=1S/C22H27F3N4O5S/c1-32-16-6-5-15(24)14(18(16)25)12-34-19-17(21(30)33-2)20(35-28-19)27-22(31)26-8-3-4-9-29-10-7-13(23)11-29/h5-6,13H,3-4,7-12H2,1-2H3,(H2,26,27,31)/t13-/m0/s1. The first-order valence-electron chi connectivity index (χ1n) is 11.0. The summed E-state index contributed by atoms with van der Waals surface area (Å²) < 4.78 is 60.6. The van der Waals surface area contributed by atoms with Crippen molar-refractivity contribution < 1.29 is 37.0 Å². The Balaban J connectivity index is 1.56. The monoisotopic (exact) mass is 516 g/mol. The number of aromatic nitrogens is 1. The van der Waals surface area contributed by atoms with Crippen LogP contribution >= 0.6 is 11.5 Å². The molecule has 2 N–H and O–H groups in total. The average molecular weight is 517 g/mol. The van der Waals surface area contributed by atoms with Crippen molar-refractivity contribution in [2.45, 2.75) is 32.0 Å². The molecule has 0 saturated carbocycles. The molecule has 2 aromatic rings. The predicted molar refractivity (Wildman–Crippen MR) is 123 cm³/mol. The largest absolute Gasteiger partial charge is 0.494 e. The van der Waals surface area contributed by atoms with Gasteiger partial charge in [-0.15, -0.1) is 0 Å². The van der Waals surface area contributed by atoms with Gasteiger partial charge in [-0.2, -0.15) is 4.37 Å². The van der Waals surface area contributed by atoms with Crippen molar-refractivity contribution in [1.29, 1.82) is 0 Å². The molecule has 1 saturated heterocycles. The molecule has 1 aromatic carbocycles. The molecule has 1 fully saturated rings. The van der Waals surface area contributed by atoms with Gasteiger partial charge in [-0.3, -0.25) is 5.32 Å². The number of hydrogen-bond donors (Lipinski definition) is 2. The lowest BCUT2D eigenvalue weighted by Crippen LogP contribution is -2.30. The Hall–Kier alpha value is -3.06. The molecular formula is C22H27F3N4O5S. The van der Waals surface area contributed by atoms with E-state index in [4.69, 9.17) is 14.2 Å². The molecule has 1 aliphatic rings. The molecule has 1 aliphatic heterocycles. The molecule has 13 heteroatoms. The lowest BCUT2D eigenvalue weighted by Gasteiger charge is -2.14. The van der Waals surface area contributed by atoms with E-state index in [1.54, 1.807) is 0 Å². The van der Waals surface area contributed by atoms with Gasteiger partial charge in [0.25, 0.3) is 0 Å². The van der Waals surface area contributed by atoms with Crippen molar-refractivity contribution in [1.82, 2.24) is 14.6 Å². The van der Waals surface area contributed by atoms with Crippen LogP contribution in [0.3, 0.4) is 0 Å². The molecule has 35 heavy (non-hydrogen) atoms. The summed E-state index contributed by atoms with van der Waals surface area (Å²) >= 11 is 0.758. The Morgan fingerprint density at radius 3 is 2.74 bits per heavy atom. The Kier molecular flexibility index (Phi) is 9.55. The van der Waals surface area contributed by atoms with E-state index in [1.807, 2.05) is 0 Å². The minimum Gasteiger partial charge on any atom is -0.494 e. The van der Waals surface area contributed by atoms with E-state index in [2.05, 4.69) is 19.9 Å². The number of esters is 1. The van der Waals surface area contributed by atoms with Gasteiger partial charge in [0, 0.05) is 19.6 Å². The number of nitrogens with zero attached hydrogens (tertiary/aromatic N) is 2. The molecule has 1 atom stereocenters. The summed E-state index contributed by atoms with van der Waals surface area (Å²) in [5.74, 6) is -3.04. The van der Waals surface area contributed by atoms with Crippen molar-refractivity contribution in [3.8, 4) is 11.6 Å². The first-order chi connectivity index (χ1) is 16.8. The number of benzene rings is 1. The Bertz CT molecular complexity index is 1040. The molecule has 9 nitrogen and oxygen atoms in total. The van der Waals surface area contributed by atoms with Crippen molar-refractivity contribution in [2.24, 2.45) is 0 Å². The zero-order chi connectivity index (χ0) is 25.4. The number of amides is 2. The highest BCUT2D eigenvalue weighted by atomic mass is 32.1. The predicted octanol–water partition coefficient (Wildman–Crippen LogP) is 3.74. The topological polar surface area (TPSA) is 102 Å². The number of halogens is 3. The van der Waals surface area contributed by atoms with Gasteiger partial charge in [-0.25, -0.2) is 22.8 Å². The van der Waals surface area contributed by atoms with Crippen LogP contribution in [-0.4, -0.2) is 67.8 Å². The van der Waals surface area contributed by atoms with Crippen molar-refractivity contribution >= 4 is 28.5 Å². The number of alkyl halides is 1.